The second-order valence-corrected chi connectivity index (χ2v) is 4.48. The largest absolute Gasteiger partial charge is 0.455 e. The molecule has 1 aromatic heterocycles. The zero-order valence-corrected chi connectivity index (χ0v) is 11.1. The third-order valence-corrected chi connectivity index (χ3v) is 3.20. The summed E-state index contributed by atoms with van der Waals surface area (Å²) in [6.45, 7) is 7.49. The van der Waals surface area contributed by atoms with E-state index in [9.17, 15) is 0 Å². The summed E-state index contributed by atoms with van der Waals surface area (Å²) in [5.41, 5.74) is 1.99. The van der Waals surface area contributed by atoms with Gasteiger partial charge < -0.3 is 4.42 Å². The standard InChI is InChI=1S/C16H16OS/c1-3-5-9-13-12-10-7-6-8-11-14(12)17-16(13)15(18)4-2/h3-4,6-9,11,18H,1-2,5,10H2/b13-9-,16-15-. The molecule has 1 aliphatic rings. The van der Waals surface area contributed by atoms with Gasteiger partial charge >= 0.3 is 0 Å². The molecule has 18 heavy (non-hydrogen) atoms. The number of furan rings is 1. The first-order valence-corrected chi connectivity index (χ1v) is 6.34. The van der Waals surface area contributed by atoms with Crippen LogP contribution in [0.15, 0.2) is 48.0 Å². The van der Waals surface area contributed by atoms with Crippen molar-refractivity contribution in [3.63, 3.8) is 0 Å². The minimum atomic E-state index is 0.760. The van der Waals surface area contributed by atoms with Gasteiger partial charge in [-0.2, -0.15) is 0 Å². The Bertz CT molecular complexity index is 641. The van der Waals surface area contributed by atoms with Gasteiger partial charge in [0.1, 0.15) is 11.2 Å². The van der Waals surface area contributed by atoms with E-state index in [1.54, 1.807) is 6.08 Å². The van der Waals surface area contributed by atoms with E-state index in [0.717, 1.165) is 34.1 Å². The SMILES string of the molecule is C=CC/C=c1/c2c(o/c1=C(\S)C=C)C=CC=CC2. The van der Waals surface area contributed by atoms with E-state index in [1.165, 1.54) is 5.56 Å². The molecule has 2 rings (SSSR count). The molecule has 0 saturated carbocycles. The third kappa shape index (κ3) is 2.44. The fraction of sp³-hybridized carbons (Fsp3) is 0.125. The molecule has 1 heterocycles. The molecule has 0 bridgehead atoms. The lowest BCUT2D eigenvalue weighted by Gasteiger charge is -1.91. The van der Waals surface area contributed by atoms with Gasteiger partial charge in [-0.3, -0.25) is 0 Å². The molecule has 0 spiro atoms. The van der Waals surface area contributed by atoms with Gasteiger partial charge in [0.15, 0.2) is 0 Å². The van der Waals surface area contributed by atoms with Gasteiger partial charge in [-0.05, 0) is 18.9 Å². The van der Waals surface area contributed by atoms with Crippen molar-refractivity contribution in [3.8, 4) is 0 Å². The quantitative estimate of drug-likeness (QED) is 0.648. The molecular weight excluding hydrogens is 240 g/mol. The Morgan fingerprint density at radius 3 is 2.94 bits per heavy atom. The summed E-state index contributed by atoms with van der Waals surface area (Å²) in [4.78, 5) is 0.760. The first-order chi connectivity index (χ1) is 8.77. The van der Waals surface area contributed by atoms with Crippen molar-refractivity contribution in [2.45, 2.75) is 12.8 Å². The van der Waals surface area contributed by atoms with Gasteiger partial charge in [0, 0.05) is 15.7 Å². The number of hydrogen-bond donors (Lipinski definition) is 1. The molecule has 0 amide bonds. The molecule has 0 radical (unpaired) electrons. The maximum atomic E-state index is 5.89. The minimum Gasteiger partial charge on any atom is -0.455 e. The maximum Gasteiger partial charge on any atom is 0.148 e. The van der Waals surface area contributed by atoms with E-state index < -0.39 is 0 Å². The molecule has 0 unspecified atom stereocenters. The van der Waals surface area contributed by atoms with E-state index in [2.05, 4.69) is 37.9 Å². The van der Waals surface area contributed by atoms with Crippen LogP contribution in [0.2, 0.25) is 0 Å². The normalized spacial score (nSPS) is 16.2. The Hall–Kier alpha value is -1.67. The summed E-state index contributed by atoms with van der Waals surface area (Å²) in [6.07, 6.45) is 15.5. The zero-order chi connectivity index (χ0) is 13.0. The molecule has 0 fully saturated rings. The Balaban J connectivity index is 2.78. The van der Waals surface area contributed by atoms with Gasteiger partial charge in [-0.1, -0.05) is 43.0 Å². The lowest BCUT2D eigenvalue weighted by Crippen LogP contribution is -2.24. The number of rotatable bonds is 3. The van der Waals surface area contributed by atoms with Crippen molar-refractivity contribution >= 4 is 29.7 Å². The van der Waals surface area contributed by atoms with Gasteiger partial charge in [0.2, 0.25) is 0 Å². The molecule has 0 aromatic carbocycles. The molecule has 0 N–H and O–H groups in total. The summed E-state index contributed by atoms with van der Waals surface area (Å²) in [5, 5.41) is 1.10. The molecule has 0 atom stereocenters. The molecule has 2 heteroatoms. The van der Waals surface area contributed by atoms with E-state index in [-0.39, 0.29) is 0 Å². The van der Waals surface area contributed by atoms with Crippen LogP contribution in [0.5, 0.6) is 0 Å². The molecule has 1 aromatic rings. The Morgan fingerprint density at radius 2 is 2.22 bits per heavy atom. The summed E-state index contributed by atoms with van der Waals surface area (Å²) < 4.78 is 5.89. The van der Waals surface area contributed by atoms with Gasteiger partial charge in [0.25, 0.3) is 0 Å². The first-order valence-electron chi connectivity index (χ1n) is 5.89. The van der Waals surface area contributed by atoms with Crippen molar-refractivity contribution in [2.75, 3.05) is 0 Å². The van der Waals surface area contributed by atoms with Crippen molar-refractivity contribution in [3.05, 3.63) is 65.5 Å². The van der Waals surface area contributed by atoms with Crippen molar-refractivity contribution in [1.82, 2.24) is 0 Å². The number of thiol groups is 1. The van der Waals surface area contributed by atoms with Crippen LogP contribution in [-0.4, -0.2) is 0 Å². The molecule has 0 aliphatic heterocycles. The van der Waals surface area contributed by atoms with Crippen LogP contribution in [0.1, 0.15) is 17.7 Å². The molecule has 92 valence electrons. The third-order valence-electron chi connectivity index (χ3n) is 2.81. The molecule has 1 nitrogen and oxygen atoms in total. The van der Waals surface area contributed by atoms with Gasteiger partial charge in [0.05, 0.1) is 0 Å². The van der Waals surface area contributed by atoms with Gasteiger partial charge in [-0.25, -0.2) is 0 Å². The second kappa shape index (κ2) is 5.78. The van der Waals surface area contributed by atoms with E-state index >= 15 is 0 Å². The monoisotopic (exact) mass is 256 g/mol. The van der Waals surface area contributed by atoms with Crippen LogP contribution in [0.25, 0.3) is 17.1 Å². The van der Waals surface area contributed by atoms with Crippen LogP contribution >= 0.6 is 12.6 Å². The second-order valence-electron chi connectivity index (χ2n) is 4.00. The summed E-state index contributed by atoms with van der Waals surface area (Å²) in [5.74, 6) is 0.902. The predicted octanol–water partition coefficient (Wildman–Crippen LogP) is 2.99. The summed E-state index contributed by atoms with van der Waals surface area (Å²) >= 11 is 4.41. The predicted molar refractivity (Wildman–Crippen MR) is 81.7 cm³/mol. The Labute approximate surface area is 113 Å². The van der Waals surface area contributed by atoms with Crippen LogP contribution in [-0.2, 0) is 6.42 Å². The highest BCUT2D eigenvalue weighted by molar-refractivity contribution is 7.90. The summed E-state index contributed by atoms with van der Waals surface area (Å²) in [7, 11) is 0. The van der Waals surface area contributed by atoms with Crippen LogP contribution < -0.4 is 10.6 Å². The Kier molecular flexibility index (Phi) is 4.11. The lowest BCUT2D eigenvalue weighted by molar-refractivity contribution is 0.519. The molecular formula is C16H16OS. The topological polar surface area (TPSA) is 13.1 Å². The average molecular weight is 256 g/mol. The average Bonchev–Trinajstić information content (AvgIpc) is 2.58. The number of allylic oxidation sites excluding steroid dienone is 4. The molecule has 1 aliphatic carbocycles. The zero-order valence-electron chi connectivity index (χ0n) is 10.2. The first kappa shape index (κ1) is 12.8. The Morgan fingerprint density at radius 1 is 1.39 bits per heavy atom. The van der Waals surface area contributed by atoms with Crippen molar-refractivity contribution in [2.24, 2.45) is 0 Å². The fourth-order valence-corrected chi connectivity index (χ4v) is 2.12. The van der Waals surface area contributed by atoms with Crippen molar-refractivity contribution in [1.29, 1.82) is 0 Å². The van der Waals surface area contributed by atoms with E-state index in [4.69, 9.17) is 4.42 Å². The highest BCUT2D eigenvalue weighted by Crippen LogP contribution is 2.12. The van der Waals surface area contributed by atoms with E-state index in [1.807, 2.05) is 24.3 Å². The summed E-state index contributed by atoms with van der Waals surface area (Å²) in [6, 6.07) is 0. The van der Waals surface area contributed by atoms with Crippen LogP contribution in [0, 0.1) is 0 Å². The van der Waals surface area contributed by atoms with Crippen LogP contribution in [0.3, 0.4) is 0 Å². The smallest absolute Gasteiger partial charge is 0.148 e. The highest BCUT2D eigenvalue weighted by Gasteiger charge is 2.10. The highest BCUT2D eigenvalue weighted by atomic mass is 32.1. The van der Waals surface area contributed by atoms with Crippen molar-refractivity contribution < 1.29 is 4.42 Å². The number of fused-ring (bicyclic) bond motifs is 1. The molecule has 0 saturated heterocycles. The minimum absolute atomic E-state index is 0.760. The fourth-order valence-electron chi connectivity index (χ4n) is 1.95. The van der Waals surface area contributed by atoms with Crippen LogP contribution in [0.4, 0.5) is 0 Å². The number of hydrogen-bond acceptors (Lipinski definition) is 2. The maximum absolute atomic E-state index is 5.89. The lowest BCUT2D eigenvalue weighted by atomic mass is 10.1. The van der Waals surface area contributed by atoms with Gasteiger partial charge in [-0.15, -0.1) is 19.2 Å². The van der Waals surface area contributed by atoms with E-state index in [0.29, 0.717) is 0 Å².